The SMILES string of the molecule is Cc1cc([C@@H]2CNCCO2)ccc1Cc1ncc(C2CC2)cn1. The van der Waals surface area contributed by atoms with E-state index in [1.54, 1.807) is 0 Å². The molecule has 1 saturated heterocycles. The van der Waals surface area contributed by atoms with Crippen molar-refractivity contribution < 1.29 is 4.74 Å². The number of aromatic nitrogens is 2. The molecule has 120 valence electrons. The number of benzene rings is 1. The Labute approximate surface area is 137 Å². The summed E-state index contributed by atoms with van der Waals surface area (Å²) in [5.41, 5.74) is 5.12. The molecule has 4 rings (SSSR count). The van der Waals surface area contributed by atoms with Crippen LogP contribution in [0.4, 0.5) is 0 Å². The molecule has 2 heterocycles. The lowest BCUT2D eigenvalue weighted by molar-refractivity contribution is 0.0276. The van der Waals surface area contributed by atoms with Gasteiger partial charge in [-0.25, -0.2) is 9.97 Å². The van der Waals surface area contributed by atoms with Gasteiger partial charge in [-0.1, -0.05) is 18.2 Å². The lowest BCUT2D eigenvalue weighted by Crippen LogP contribution is -2.33. The number of ether oxygens (including phenoxy) is 1. The standard InChI is InChI=1S/C19H23N3O/c1-13-8-16(18-12-20-6-7-23-18)5-4-15(13)9-19-21-10-17(11-22-19)14-2-3-14/h4-5,8,10-11,14,18,20H,2-3,6-7,9,12H2,1H3/t18-/m0/s1. The summed E-state index contributed by atoms with van der Waals surface area (Å²) >= 11 is 0. The monoisotopic (exact) mass is 309 g/mol. The van der Waals surface area contributed by atoms with Crippen molar-refractivity contribution >= 4 is 0 Å². The minimum atomic E-state index is 0.172. The van der Waals surface area contributed by atoms with Crippen LogP contribution in [0.5, 0.6) is 0 Å². The van der Waals surface area contributed by atoms with Gasteiger partial charge in [0, 0.05) is 31.9 Å². The quantitative estimate of drug-likeness (QED) is 0.943. The summed E-state index contributed by atoms with van der Waals surface area (Å²) in [6.07, 6.45) is 7.56. The molecule has 1 aromatic carbocycles. The van der Waals surface area contributed by atoms with E-state index in [0.29, 0.717) is 5.92 Å². The van der Waals surface area contributed by atoms with E-state index in [9.17, 15) is 0 Å². The molecule has 23 heavy (non-hydrogen) atoms. The third-order valence-electron chi connectivity index (χ3n) is 4.79. The number of nitrogens with one attached hydrogen (secondary N) is 1. The van der Waals surface area contributed by atoms with Crippen molar-refractivity contribution in [2.24, 2.45) is 0 Å². The molecule has 2 fully saturated rings. The highest BCUT2D eigenvalue weighted by atomic mass is 16.5. The fourth-order valence-corrected chi connectivity index (χ4v) is 3.15. The van der Waals surface area contributed by atoms with Gasteiger partial charge in [0.15, 0.2) is 0 Å². The van der Waals surface area contributed by atoms with Crippen LogP contribution in [0.1, 0.15) is 52.9 Å². The van der Waals surface area contributed by atoms with Gasteiger partial charge in [-0.2, -0.15) is 0 Å². The van der Waals surface area contributed by atoms with Crippen LogP contribution in [0.25, 0.3) is 0 Å². The van der Waals surface area contributed by atoms with Gasteiger partial charge in [-0.05, 0) is 47.9 Å². The maximum absolute atomic E-state index is 5.83. The third kappa shape index (κ3) is 3.43. The van der Waals surface area contributed by atoms with E-state index in [4.69, 9.17) is 4.74 Å². The minimum Gasteiger partial charge on any atom is -0.371 e. The number of nitrogens with zero attached hydrogens (tertiary/aromatic N) is 2. The van der Waals surface area contributed by atoms with Gasteiger partial charge >= 0.3 is 0 Å². The molecule has 1 atom stereocenters. The zero-order valence-corrected chi connectivity index (χ0v) is 13.6. The number of morpholine rings is 1. The second-order valence-electron chi connectivity index (χ2n) is 6.63. The average Bonchev–Trinajstić information content (AvgIpc) is 3.43. The molecular weight excluding hydrogens is 286 g/mol. The summed E-state index contributed by atoms with van der Waals surface area (Å²) in [7, 11) is 0. The molecule has 4 heteroatoms. The first-order chi connectivity index (χ1) is 11.3. The summed E-state index contributed by atoms with van der Waals surface area (Å²) in [6, 6.07) is 6.62. The fourth-order valence-electron chi connectivity index (χ4n) is 3.15. The highest BCUT2D eigenvalue weighted by Gasteiger charge is 2.24. The van der Waals surface area contributed by atoms with Crippen LogP contribution in [-0.2, 0) is 11.2 Å². The molecule has 0 spiro atoms. The van der Waals surface area contributed by atoms with E-state index in [2.05, 4.69) is 40.4 Å². The topological polar surface area (TPSA) is 47.0 Å². The number of aryl methyl sites for hydroxylation is 1. The highest BCUT2D eigenvalue weighted by molar-refractivity contribution is 5.34. The predicted molar refractivity (Wildman–Crippen MR) is 89.6 cm³/mol. The molecular formula is C19H23N3O. The molecule has 0 bridgehead atoms. The van der Waals surface area contributed by atoms with Gasteiger partial charge in [0.2, 0.25) is 0 Å². The summed E-state index contributed by atoms with van der Waals surface area (Å²) in [5.74, 6) is 1.62. The Bertz CT molecular complexity index is 674. The summed E-state index contributed by atoms with van der Waals surface area (Å²) in [4.78, 5) is 9.09. The van der Waals surface area contributed by atoms with E-state index < -0.39 is 0 Å². The van der Waals surface area contributed by atoms with Gasteiger partial charge in [-0.15, -0.1) is 0 Å². The maximum Gasteiger partial charge on any atom is 0.132 e. The predicted octanol–water partition coefficient (Wildman–Crippen LogP) is 2.91. The third-order valence-corrected chi connectivity index (χ3v) is 4.79. The summed E-state index contributed by atoms with van der Waals surface area (Å²) < 4.78 is 5.83. The van der Waals surface area contributed by atoms with Gasteiger partial charge in [-0.3, -0.25) is 0 Å². The number of rotatable bonds is 4. The minimum absolute atomic E-state index is 0.172. The van der Waals surface area contributed by atoms with Crippen LogP contribution in [0.15, 0.2) is 30.6 Å². The van der Waals surface area contributed by atoms with Crippen LogP contribution in [-0.4, -0.2) is 29.7 Å². The van der Waals surface area contributed by atoms with Crippen LogP contribution in [0, 0.1) is 6.92 Å². The van der Waals surface area contributed by atoms with Gasteiger partial charge in [0.25, 0.3) is 0 Å². The Hall–Kier alpha value is -1.78. The van der Waals surface area contributed by atoms with Crippen LogP contribution < -0.4 is 5.32 Å². The highest BCUT2D eigenvalue weighted by Crippen LogP contribution is 2.39. The van der Waals surface area contributed by atoms with E-state index >= 15 is 0 Å². The second kappa shape index (κ2) is 6.38. The zero-order chi connectivity index (χ0) is 15.6. The lowest BCUT2D eigenvalue weighted by atomic mass is 9.99. The van der Waals surface area contributed by atoms with Gasteiger partial charge in [0.1, 0.15) is 5.82 Å². The number of hydrogen-bond acceptors (Lipinski definition) is 4. The molecule has 4 nitrogen and oxygen atoms in total. The largest absolute Gasteiger partial charge is 0.371 e. The molecule has 2 aliphatic rings. The van der Waals surface area contributed by atoms with Gasteiger partial charge < -0.3 is 10.1 Å². The zero-order valence-electron chi connectivity index (χ0n) is 13.6. The van der Waals surface area contributed by atoms with Crippen LogP contribution >= 0.6 is 0 Å². The average molecular weight is 309 g/mol. The van der Waals surface area contributed by atoms with Crippen molar-refractivity contribution in [2.45, 2.75) is 38.2 Å². The second-order valence-corrected chi connectivity index (χ2v) is 6.63. The Balaban J connectivity index is 1.47. The van der Waals surface area contributed by atoms with Crippen LogP contribution in [0.2, 0.25) is 0 Å². The van der Waals surface area contributed by atoms with Crippen molar-refractivity contribution in [3.05, 3.63) is 58.7 Å². The first-order valence-electron chi connectivity index (χ1n) is 8.52. The Morgan fingerprint density at radius 2 is 2.00 bits per heavy atom. The van der Waals surface area contributed by atoms with E-state index in [1.807, 2.05) is 12.4 Å². The molecule has 0 unspecified atom stereocenters. The molecule has 1 saturated carbocycles. The first-order valence-corrected chi connectivity index (χ1v) is 8.52. The van der Waals surface area contributed by atoms with Crippen LogP contribution in [0.3, 0.4) is 0 Å². The van der Waals surface area contributed by atoms with Crippen molar-refractivity contribution in [2.75, 3.05) is 19.7 Å². The fraction of sp³-hybridized carbons (Fsp3) is 0.474. The molecule has 1 aliphatic carbocycles. The number of hydrogen-bond donors (Lipinski definition) is 1. The van der Waals surface area contributed by atoms with Crippen molar-refractivity contribution in [1.82, 2.24) is 15.3 Å². The van der Waals surface area contributed by atoms with E-state index in [-0.39, 0.29) is 6.10 Å². The molecule has 2 aromatic rings. The van der Waals surface area contributed by atoms with E-state index in [1.165, 1.54) is 35.1 Å². The van der Waals surface area contributed by atoms with E-state index in [0.717, 1.165) is 31.9 Å². The maximum atomic E-state index is 5.83. The normalized spacial score (nSPS) is 21.3. The smallest absolute Gasteiger partial charge is 0.132 e. The van der Waals surface area contributed by atoms with Crippen molar-refractivity contribution in [1.29, 1.82) is 0 Å². The molecule has 0 amide bonds. The Morgan fingerprint density at radius 1 is 1.17 bits per heavy atom. The molecule has 1 aromatic heterocycles. The molecule has 1 N–H and O–H groups in total. The summed E-state index contributed by atoms with van der Waals surface area (Å²) in [5, 5.41) is 3.38. The summed E-state index contributed by atoms with van der Waals surface area (Å²) in [6.45, 7) is 4.78. The Kier molecular flexibility index (Phi) is 4.10. The Morgan fingerprint density at radius 3 is 2.65 bits per heavy atom. The molecule has 0 radical (unpaired) electrons. The van der Waals surface area contributed by atoms with Crippen molar-refractivity contribution in [3.63, 3.8) is 0 Å². The van der Waals surface area contributed by atoms with Crippen molar-refractivity contribution in [3.8, 4) is 0 Å². The molecule has 1 aliphatic heterocycles. The lowest BCUT2D eigenvalue weighted by Gasteiger charge is -2.24. The first kappa shape index (κ1) is 14.8. The van der Waals surface area contributed by atoms with Gasteiger partial charge in [0.05, 0.1) is 12.7 Å².